The molecule has 1 aromatic rings. The van der Waals surface area contributed by atoms with Crippen molar-refractivity contribution >= 4 is 0 Å². The maximum Gasteiger partial charge on any atom is 0.122 e. The molecule has 0 spiro atoms. The highest BCUT2D eigenvalue weighted by molar-refractivity contribution is 5.39. The van der Waals surface area contributed by atoms with Crippen LogP contribution < -0.4 is 4.74 Å². The largest absolute Gasteiger partial charge is 0.496 e. The SMILES string of the molecule is CCc1c(C)cccc1OC. The van der Waals surface area contributed by atoms with Gasteiger partial charge in [-0.25, -0.2) is 0 Å². The van der Waals surface area contributed by atoms with Crippen molar-refractivity contribution < 1.29 is 4.74 Å². The molecule has 1 rings (SSSR count). The van der Waals surface area contributed by atoms with E-state index in [2.05, 4.69) is 19.9 Å². The van der Waals surface area contributed by atoms with Gasteiger partial charge < -0.3 is 4.74 Å². The van der Waals surface area contributed by atoms with Gasteiger partial charge in [-0.2, -0.15) is 0 Å². The predicted molar refractivity (Wildman–Crippen MR) is 47.1 cm³/mol. The minimum atomic E-state index is 1.01. The van der Waals surface area contributed by atoms with Crippen molar-refractivity contribution in [2.45, 2.75) is 20.3 Å². The van der Waals surface area contributed by atoms with Crippen LogP contribution >= 0.6 is 0 Å². The van der Waals surface area contributed by atoms with Gasteiger partial charge in [-0.3, -0.25) is 0 Å². The van der Waals surface area contributed by atoms with Crippen LogP contribution in [0.2, 0.25) is 0 Å². The normalized spacial score (nSPS) is 9.73. The van der Waals surface area contributed by atoms with Crippen LogP contribution in [0.25, 0.3) is 0 Å². The molecule has 60 valence electrons. The lowest BCUT2D eigenvalue weighted by Gasteiger charge is -2.08. The Labute approximate surface area is 68.0 Å². The summed E-state index contributed by atoms with van der Waals surface area (Å²) in [6.07, 6.45) is 1.04. The third-order valence-electron chi connectivity index (χ3n) is 1.94. The summed E-state index contributed by atoms with van der Waals surface area (Å²) < 4.78 is 5.22. The fraction of sp³-hybridized carbons (Fsp3) is 0.400. The van der Waals surface area contributed by atoms with Gasteiger partial charge in [0.2, 0.25) is 0 Å². The van der Waals surface area contributed by atoms with E-state index in [9.17, 15) is 0 Å². The van der Waals surface area contributed by atoms with E-state index in [-0.39, 0.29) is 0 Å². The van der Waals surface area contributed by atoms with Gasteiger partial charge >= 0.3 is 0 Å². The van der Waals surface area contributed by atoms with Crippen LogP contribution in [0.3, 0.4) is 0 Å². The van der Waals surface area contributed by atoms with Gasteiger partial charge in [-0.1, -0.05) is 19.1 Å². The predicted octanol–water partition coefficient (Wildman–Crippen LogP) is 2.57. The zero-order chi connectivity index (χ0) is 8.27. The highest BCUT2D eigenvalue weighted by Crippen LogP contribution is 2.21. The summed E-state index contributed by atoms with van der Waals surface area (Å²) in [5, 5.41) is 0. The molecule has 0 atom stereocenters. The molecule has 0 bridgehead atoms. The van der Waals surface area contributed by atoms with E-state index in [0.29, 0.717) is 0 Å². The first-order valence-corrected chi connectivity index (χ1v) is 3.92. The molecule has 0 aromatic heterocycles. The Balaban J connectivity index is 3.13. The lowest BCUT2D eigenvalue weighted by molar-refractivity contribution is 0.409. The minimum Gasteiger partial charge on any atom is -0.496 e. The van der Waals surface area contributed by atoms with E-state index in [1.165, 1.54) is 11.1 Å². The van der Waals surface area contributed by atoms with Crippen molar-refractivity contribution in [2.75, 3.05) is 7.11 Å². The third-order valence-corrected chi connectivity index (χ3v) is 1.94. The number of methoxy groups -OCH3 is 1. The van der Waals surface area contributed by atoms with Gasteiger partial charge in [-0.05, 0) is 30.5 Å². The van der Waals surface area contributed by atoms with Crippen molar-refractivity contribution in [3.63, 3.8) is 0 Å². The van der Waals surface area contributed by atoms with Gasteiger partial charge in [0.1, 0.15) is 5.75 Å². The Morgan fingerprint density at radius 1 is 1.36 bits per heavy atom. The molecule has 0 amide bonds. The fourth-order valence-electron chi connectivity index (χ4n) is 1.32. The average Bonchev–Trinajstić information content (AvgIpc) is 2.04. The number of rotatable bonds is 2. The van der Waals surface area contributed by atoms with E-state index in [1.54, 1.807) is 7.11 Å². The molecule has 11 heavy (non-hydrogen) atoms. The van der Waals surface area contributed by atoms with E-state index in [1.807, 2.05) is 12.1 Å². The summed E-state index contributed by atoms with van der Waals surface area (Å²) in [4.78, 5) is 0. The molecule has 0 saturated heterocycles. The van der Waals surface area contributed by atoms with Gasteiger partial charge in [0.25, 0.3) is 0 Å². The first-order chi connectivity index (χ1) is 5.29. The van der Waals surface area contributed by atoms with Crippen molar-refractivity contribution in [3.8, 4) is 5.75 Å². The lowest BCUT2D eigenvalue weighted by atomic mass is 10.1. The number of aryl methyl sites for hydroxylation is 1. The van der Waals surface area contributed by atoms with Crippen LogP contribution in [0.5, 0.6) is 5.75 Å². The van der Waals surface area contributed by atoms with E-state index in [4.69, 9.17) is 4.74 Å². The maximum absolute atomic E-state index is 5.22. The molecule has 0 fully saturated rings. The molecule has 0 radical (unpaired) electrons. The topological polar surface area (TPSA) is 9.23 Å². The molecule has 0 aliphatic carbocycles. The van der Waals surface area contributed by atoms with Crippen molar-refractivity contribution in [3.05, 3.63) is 29.3 Å². The number of ether oxygens (including phenoxy) is 1. The summed E-state index contributed by atoms with van der Waals surface area (Å²) >= 11 is 0. The fourth-order valence-corrected chi connectivity index (χ4v) is 1.32. The quantitative estimate of drug-likeness (QED) is 0.629. The number of hydrogen-bond acceptors (Lipinski definition) is 1. The van der Waals surface area contributed by atoms with Gasteiger partial charge in [0.15, 0.2) is 0 Å². The second kappa shape index (κ2) is 3.42. The average molecular weight is 150 g/mol. The first-order valence-electron chi connectivity index (χ1n) is 3.92. The molecule has 0 heterocycles. The van der Waals surface area contributed by atoms with Crippen LogP contribution in [0, 0.1) is 6.92 Å². The molecule has 0 unspecified atom stereocenters. The molecule has 0 aliphatic rings. The number of benzene rings is 1. The minimum absolute atomic E-state index is 1.01. The molecule has 0 aliphatic heterocycles. The monoisotopic (exact) mass is 150 g/mol. The van der Waals surface area contributed by atoms with Crippen molar-refractivity contribution in [1.29, 1.82) is 0 Å². The van der Waals surface area contributed by atoms with Gasteiger partial charge in [0.05, 0.1) is 7.11 Å². The summed E-state index contributed by atoms with van der Waals surface area (Å²) in [6, 6.07) is 6.14. The van der Waals surface area contributed by atoms with E-state index < -0.39 is 0 Å². The smallest absolute Gasteiger partial charge is 0.122 e. The van der Waals surface area contributed by atoms with Gasteiger partial charge in [0, 0.05) is 0 Å². The second-order valence-corrected chi connectivity index (χ2v) is 2.61. The molecular weight excluding hydrogens is 136 g/mol. The Hall–Kier alpha value is -0.980. The molecule has 0 N–H and O–H groups in total. The zero-order valence-electron chi connectivity index (χ0n) is 7.35. The highest BCUT2D eigenvalue weighted by atomic mass is 16.5. The van der Waals surface area contributed by atoms with E-state index >= 15 is 0 Å². The molecule has 1 aromatic carbocycles. The molecule has 0 saturated carbocycles. The Morgan fingerprint density at radius 2 is 2.09 bits per heavy atom. The zero-order valence-corrected chi connectivity index (χ0v) is 7.35. The Bertz CT molecular complexity index is 241. The van der Waals surface area contributed by atoms with Crippen molar-refractivity contribution in [2.24, 2.45) is 0 Å². The molecular formula is C10H14O. The maximum atomic E-state index is 5.22. The number of hydrogen-bond donors (Lipinski definition) is 0. The standard InChI is InChI=1S/C10H14O/c1-4-9-8(2)6-5-7-10(9)11-3/h5-7H,4H2,1-3H3. The van der Waals surface area contributed by atoms with Crippen LogP contribution in [0.4, 0.5) is 0 Å². The third kappa shape index (κ3) is 1.53. The summed E-state index contributed by atoms with van der Waals surface area (Å²) in [7, 11) is 1.72. The Kier molecular flexibility index (Phi) is 2.53. The second-order valence-electron chi connectivity index (χ2n) is 2.61. The van der Waals surface area contributed by atoms with Crippen LogP contribution in [0.15, 0.2) is 18.2 Å². The van der Waals surface area contributed by atoms with Crippen LogP contribution in [-0.4, -0.2) is 7.11 Å². The van der Waals surface area contributed by atoms with Crippen LogP contribution in [-0.2, 0) is 6.42 Å². The highest BCUT2D eigenvalue weighted by Gasteiger charge is 2.01. The Morgan fingerprint density at radius 3 is 2.55 bits per heavy atom. The lowest BCUT2D eigenvalue weighted by Crippen LogP contribution is -1.92. The molecule has 1 heteroatoms. The van der Waals surface area contributed by atoms with Crippen LogP contribution in [0.1, 0.15) is 18.1 Å². The summed E-state index contributed by atoms with van der Waals surface area (Å²) in [5.41, 5.74) is 2.63. The van der Waals surface area contributed by atoms with E-state index in [0.717, 1.165) is 12.2 Å². The molecule has 1 nitrogen and oxygen atoms in total. The van der Waals surface area contributed by atoms with Crippen molar-refractivity contribution in [1.82, 2.24) is 0 Å². The first kappa shape index (κ1) is 8.12. The summed E-state index contributed by atoms with van der Waals surface area (Å²) in [6.45, 7) is 4.26. The summed E-state index contributed by atoms with van der Waals surface area (Å²) in [5.74, 6) is 1.01. The van der Waals surface area contributed by atoms with Gasteiger partial charge in [-0.15, -0.1) is 0 Å².